The molecule has 1 unspecified atom stereocenters. The minimum Gasteiger partial charge on any atom is -0.312 e. The molecule has 2 aliphatic rings. The smallest absolute Gasteiger partial charge is 0.0857 e. The highest BCUT2D eigenvalue weighted by Crippen LogP contribution is 2.38. The average Bonchev–Trinajstić information content (AvgIpc) is 2.75. The first-order chi connectivity index (χ1) is 6.92. The zero-order chi connectivity index (χ0) is 9.38. The van der Waals surface area contributed by atoms with Gasteiger partial charge in [-0.3, -0.25) is 4.68 Å². The summed E-state index contributed by atoms with van der Waals surface area (Å²) in [5, 5.41) is 11.8. The summed E-state index contributed by atoms with van der Waals surface area (Å²) < 4.78 is 2.00. The van der Waals surface area contributed by atoms with E-state index in [-0.39, 0.29) is 0 Å². The molecule has 1 saturated heterocycles. The lowest BCUT2D eigenvalue weighted by Crippen LogP contribution is -2.26. The van der Waals surface area contributed by atoms with Gasteiger partial charge in [0.25, 0.3) is 0 Å². The molecule has 1 aliphatic carbocycles. The summed E-state index contributed by atoms with van der Waals surface area (Å²) >= 11 is 0. The fourth-order valence-corrected chi connectivity index (χ4v) is 2.11. The van der Waals surface area contributed by atoms with E-state index in [9.17, 15) is 0 Å². The average molecular weight is 192 g/mol. The van der Waals surface area contributed by atoms with Crippen LogP contribution in [0.2, 0.25) is 0 Å². The van der Waals surface area contributed by atoms with Crippen LogP contribution in [-0.2, 0) is 6.54 Å². The monoisotopic (exact) mass is 192 g/mol. The Balaban J connectivity index is 1.64. The van der Waals surface area contributed by atoms with Crippen LogP contribution in [0.15, 0.2) is 6.20 Å². The largest absolute Gasteiger partial charge is 0.312 e. The van der Waals surface area contributed by atoms with Gasteiger partial charge < -0.3 is 5.32 Å². The maximum absolute atomic E-state index is 4.21. The van der Waals surface area contributed by atoms with Gasteiger partial charge in [-0.15, -0.1) is 5.10 Å². The maximum atomic E-state index is 4.21. The highest BCUT2D eigenvalue weighted by Gasteiger charge is 2.26. The summed E-state index contributed by atoms with van der Waals surface area (Å²) in [4.78, 5) is 0. The highest BCUT2D eigenvalue weighted by molar-refractivity contribution is 5.09. The topological polar surface area (TPSA) is 42.7 Å². The number of nitrogens with zero attached hydrogens (tertiary/aromatic N) is 3. The molecule has 4 nitrogen and oxygen atoms in total. The van der Waals surface area contributed by atoms with Crippen LogP contribution in [0, 0.1) is 0 Å². The summed E-state index contributed by atoms with van der Waals surface area (Å²) in [6, 6.07) is 0.615. The number of hydrogen-bond donors (Lipinski definition) is 1. The molecule has 2 heterocycles. The summed E-state index contributed by atoms with van der Waals surface area (Å²) in [6.45, 7) is 2.15. The SMILES string of the molecule is c1c(C2CC2)nnn1CC1CCCN1. The van der Waals surface area contributed by atoms with E-state index in [4.69, 9.17) is 0 Å². The van der Waals surface area contributed by atoms with Crippen molar-refractivity contribution in [1.82, 2.24) is 20.3 Å². The van der Waals surface area contributed by atoms with Crippen molar-refractivity contribution in [3.05, 3.63) is 11.9 Å². The lowest BCUT2D eigenvalue weighted by atomic mass is 10.2. The van der Waals surface area contributed by atoms with E-state index in [2.05, 4.69) is 21.8 Å². The van der Waals surface area contributed by atoms with Crippen molar-refractivity contribution in [3.63, 3.8) is 0 Å². The molecule has 14 heavy (non-hydrogen) atoms. The van der Waals surface area contributed by atoms with E-state index in [0.717, 1.165) is 19.0 Å². The molecular formula is C10H16N4. The van der Waals surface area contributed by atoms with Crippen molar-refractivity contribution in [2.75, 3.05) is 6.54 Å². The van der Waals surface area contributed by atoms with Crippen molar-refractivity contribution in [2.24, 2.45) is 0 Å². The number of aromatic nitrogens is 3. The molecule has 2 fully saturated rings. The molecule has 1 saturated carbocycles. The van der Waals surface area contributed by atoms with Crippen LogP contribution in [0.25, 0.3) is 0 Å². The Morgan fingerprint density at radius 3 is 3.07 bits per heavy atom. The van der Waals surface area contributed by atoms with E-state index in [1.807, 2.05) is 4.68 Å². The lowest BCUT2D eigenvalue weighted by molar-refractivity contribution is 0.466. The summed E-state index contributed by atoms with van der Waals surface area (Å²) in [7, 11) is 0. The normalized spacial score (nSPS) is 27.0. The van der Waals surface area contributed by atoms with E-state index in [1.54, 1.807) is 0 Å². The molecule has 0 amide bonds. The summed E-state index contributed by atoms with van der Waals surface area (Å²) in [5.41, 5.74) is 1.20. The first kappa shape index (κ1) is 8.41. The van der Waals surface area contributed by atoms with Crippen molar-refractivity contribution in [2.45, 2.75) is 44.2 Å². The molecule has 1 aromatic heterocycles. The van der Waals surface area contributed by atoms with Gasteiger partial charge in [0.05, 0.1) is 12.2 Å². The Morgan fingerprint density at radius 1 is 1.43 bits per heavy atom. The number of nitrogens with one attached hydrogen (secondary N) is 1. The third kappa shape index (κ3) is 1.66. The summed E-state index contributed by atoms with van der Waals surface area (Å²) in [6.07, 6.45) is 7.31. The zero-order valence-electron chi connectivity index (χ0n) is 8.32. The second-order valence-corrected chi connectivity index (χ2v) is 4.43. The highest BCUT2D eigenvalue weighted by atomic mass is 15.4. The third-order valence-corrected chi connectivity index (χ3v) is 3.12. The Hall–Kier alpha value is -0.900. The van der Waals surface area contributed by atoms with Gasteiger partial charge in [0.15, 0.2) is 0 Å². The Morgan fingerprint density at radius 2 is 2.36 bits per heavy atom. The van der Waals surface area contributed by atoms with Gasteiger partial charge in [-0.2, -0.15) is 0 Å². The minimum atomic E-state index is 0.615. The summed E-state index contributed by atoms with van der Waals surface area (Å²) in [5.74, 6) is 0.722. The fourth-order valence-electron chi connectivity index (χ4n) is 2.11. The van der Waals surface area contributed by atoms with Gasteiger partial charge in [-0.05, 0) is 32.2 Å². The van der Waals surface area contributed by atoms with Gasteiger partial charge in [0, 0.05) is 18.2 Å². The molecule has 0 bridgehead atoms. The van der Waals surface area contributed by atoms with E-state index in [0.29, 0.717) is 6.04 Å². The lowest BCUT2D eigenvalue weighted by Gasteiger charge is -2.08. The van der Waals surface area contributed by atoms with Crippen LogP contribution in [0.1, 0.15) is 37.3 Å². The molecule has 1 aliphatic heterocycles. The molecule has 0 spiro atoms. The second-order valence-electron chi connectivity index (χ2n) is 4.43. The maximum Gasteiger partial charge on any atom is 0.0857 e. The first-order valence-electron chi connectivity index (χ1n) is 5.55. The van der Waals surface area contributed by atoms with Crippen molar-refractivity contribution in [1.29, 1.82) is 0 Å². The third-order valence-electron chi connectivity index (χ3n) is 3.12. The first-order valence-corrected chi connectivity index (χ1v) is 5.55. The van der Waals surface area contributed by atoms with Gasteiger partial charge in [-0.1, -0.05) is 5.21 Å². The van der Waals surface area contributed by atoms with Crippen molar-refractivity contribution < 1.29 is 0 Å². The molecule has 3 rings (SSSR count). The van der Waals surface area contributed by atoms with Crippen LogP contribution in [-0.4, -0.2) is 27.6 Å². The van der Waals surface area contributed by atoms with Crippen LogP contribution < -0.4 is 5.32 Å². The second kappa shape index (κ2) is 3.35. The Labute approximate surface area is 83.7 Å². The predicted octanol–water partition coefficient (Wildman–Crippen LogP) is 0.907. The van der Waals surface area contributed by atoms with Gasteiger partial charge >= 0.3 is 0 Å². The standard InChI is InChI=1S/C10H16N4/c1-2-9(11-5-1)6-14-7-10(12-13-14)8-3-4-8/h7-9,11H,1-6H2. The van der Waals surface area contributed by atoms with E-state index in [1.165, 1.54) is 31.4 Å². The molecule has 1 aromatic rings. The molecule has 1 N–H and O–H groups in total. The minimum absolute atomic E-state index is 0.615. The Bertz CT molecular complexity index is 310. The predicted molar refractivity (Wildman–Crippen MR) is 53.0 cm³/mol. The van der Waals surface area contributed by atoms with Crippen LogP contribution in [0.5, 0.6) is 0 Å². The van der Waals surface area contributed by atoms with E-state index < -0.39 is 0 Å². The van der Waals surface area contributed by atoms with Crippen molar-refractivity contribution in [3.8, 4) is 0 Å². The number of hydrogen-bond acceptors (Lipinski definition) is 3. The van der Waals surface area contributed by atoms with Crippen LogP contribution in [0.4, 0.5) is 0 Å². The fraction of sp³-hybridized carbons (Fsp3) is 0.800. The Kier molecular flexibility index (Phi) is 2.01. The quantitative estimate of drug-likeness (QED) is 0.774. The molecule has 0 radical (unpaired) electrons. The van der Waals surface area contributed by atoms with Gasteiger partial charge in [0.2, 0.25) is 0 Å². The molecule has 0 aromatic carbocycles. The zero-order valence-corrected chi connectivity index (χ0v) is 8.32. The van der Waals surface area contributed by atoms with Gasteiger partial charge in [-0.25, -0.2) is 0 Å². The van der Waals surface area contributed by atoms with Crippen LogP contribution >= 0.6 is 0 Å². The van der Waals surface area contributed by atoms with Crippen molar-refractivity contribution >= 4 is 0 Å². The van der Waals surface area contributed by atoms with Crippen LogP contribution in [0.3, 0.4) is 0 Å². The molecule has 4 heteroatoms. The molecule has 76 valence electrons. The van der Waals surface area contributed by atoms with E-state index >= 15 is 0 Å². The van der Waals surface area contributed by atoms with Gasteiger partial charge in [0.1, 0.15) is 0 Å². The molecule has 1 atom stereocenters. The number of rotatable bonds is 3. The molecular weight excluding hydrogens is 176 g/mol.